The molecule has 0 aromatic heterocycles. The van der Waals surface area contributed by atoms with Gasteiger partial charge in [0.05, 0.1) is 12.7 Å². The van der Waals surface area contributed by atoms with E-state index in [1.807, 2.05) is 6.07 Å². The van der Waals surface area contributed by atoms with Crippen molar-refractivity contribution in [1.82, 2.24) is 5.32 Å². The van der Waals surface area contributed by atoms with E-state index in [1.54, 1.807) is 6.07 Å². The van der Waals surface area contributed by atoms with Gasteiger partial charge >= 0.3 is 0 Å². The number of benzene rings is 1. The maximum atomic E-state index is 13.6. The second kappa shape index (κ2) is 5.94. The van der Waals surface area contributed by atoms with E-state index in [1.165, 1.54) is 6.07 Å². The van der Waals surface area contributed by atoms with Crippen LogP contribution < -0.4 is 5.32 Å². The lowest BCUT2D eigenvalue weighted by atomic mass is 9.97. The Hall–Kier alpha value is -0.450. The van der Waals surface area contributed by atoms with E-state index in [0.29, 0.717) is 18.1 Å². The highest BCUT2D eigenvalue weighted by Crippen LogP contribution is 2.19. The van der Waals surface area contributed by atoms with E-state index in [0.717, 1.165) is 24.0 Å². The van der Waals surface area contributed by atoms with Crippen molar-refractivity contribution in [3.63, 3.8) is 0 Å². The van der Waals surface area contributed by atoms with Crippen LogP contribution in [0.3, 0.4) is 0 Å². The molecule has 0 radical (unpaired) electrons. The molecule has 2 rings (SSSR count). The topological polar surface area (TPSA) is 21.3 Å². The number of rotatable bonds is 3. The molecule has 2 nitrogen and oxygen atoms in total. The third-order valence-corrected chi connectivity index (χ3v) is 3.72. The zero-order valence-corrected chi connectivity index (χ0v) is 11.5. The summed E-state index contributed by atoms with van der Waals surface area (Å²) < 4.78 is 20.1. The van der Waals surface area contributed by atoms with Crippen LogP contribution in [0.2, 0.25) is 0 Å². The van der Waals surface area contributed by atoms with Gasteiger partial charge in [-0.15, -0.1) is 0 Å². The van der Waals surface area contributed by atoms with E-state index < -0.39 is 0 Å². The Morgan fingerprint density at radius 1 is 1.53 bits per heavy atom. The number of hydrogen-bond donors (Lipinski definition) is 1. The molecule has 0 spiro atoms. The monoisotopic (exact) mass is 301 g/mol. The molecule has 0 saturated carbocycles. The van der Waals surface area contributed by atoms with Gasteiger partial charge in [0.25, 0.3) is 0 Å². The van der Waals surface area contributed by atoms with Crippen LogP contribution in [-0.2, 0) is 11.3 Å². The third-order valence-electron chi connectivity index (χ3n) is 3.22. The highest BCUT2D eigenvalue weighted by atomic mass is 79.9. The fourth-order valence-electron chi connectivity index (χ4n) is 2.02. The number of ether oxygens (including phenoxy) is 1. The number of nitrogens with one attached hydrogen (secondary N) is 1. The van der Waals surface area contributed by atoms with Crippen molar-refractivity contribution in [2.45, 2.75) is 26.1 Å². The first-order chi connectivity index (χ1) is 8.16. The van der Waals surface area contributed by atoms with Crippen molar-refractivity contribution in [1.29, 1.82) is 0 Å². The minimum absolute atomic E-state index is 0.187. The lowest BCUT2D eigenvalue weighted by molar-refractivity contribution is -0.00766. The van der Waals surface area contributed by atoms with Gasteiger partial charge in [-0.3, -0.25) is 0 Å². The summed E-state index contributed by atoms with van der Waals surface area (Å²) in [6, 6.07) is 5.08. The summed E-state index contributed by atoms with van der Waals surface area (Å²) in [4.78, 5) is 0. The van der Waals surface area contributed by atoms with Crippen LogP contribution in [0.4, 0.5) is 4.39 Å². The lowest BCUT2D eigenvalue weighted by Gasteiger charge is -2.29. The zero-order valence-electron chi connectivity index (χ0n) is 9.88. The molecule has 1 aliphatic rings. The van der Waals surface area contributed by atoms with Crippen molar-refractivity contribution in [3.8, 4) is 0 Å². The van der Waals surface area contributed by atoms with Gasteiger partial charge in [0, 0.05) is 16.6 Å². The van der Waals surface area contributed by atoms with E-state index in [-0.39, 0.29) is 11.9 Å². The van der Waals surface area contributed by atoms with Gasteiger partial charge in [0.15, 0.2) is 0 Å². The summed E-state index contributed by atoms with van der Waals surface area (Å²) in [5, 5.41) is 3.30. The van der Waals surface area contributed by atoms with Crippen LogP contribution in [0, 0.1) is 11.7 Å². The minimum Gasteiger partial charge on any atom is -0.372 e. The largest absolute Gasteiger partial charge is 0.372 e. The maximum Gasteiger partial charge on any atom is 0.129 e. The molecule has 4 heteroatoms. The first-order valence-corrected chi connectivity index (χ1v) is 6.72. The molecule has 0 bridgehead atoms. The Morgan fingerprint density at radius 3 is 3.06 bits per heavy atom. The van der Waals surface area contributed by atoms with Crippen LogP contribution in [0.5, 0.6) is 0 Å². The van der Waals surface area contributed by atoms with Crippen LogP contribution in [0.15, 0.2) is 22.7 Å². The number of hydrogen-bond acceptors (Lipinski definition) is 2. The SMILES string of the molecule is CC1CCNCC1OCc1ccc(Br)cc1F. The lowest BCUT2D eigenvalue weighted by Crippen LogP contribution is -2.40. The van der Waals surface area contributed by atoms with Crippen LogP contribution in [0.25, 0.3) is 0 Å². The van der Waals surface area contributed by atoms with Gasteiger partial charge in [-0.1, -0.05) is 28.9 Å². The van der Waals surface area contributed by atoms with E-state index in [2.05, 4.69) is 28.2 Å². The molecule has 1 fully saturated rings. The van der Waals surface area contributed by atoms with Gasteiger partial charge in [-0.05, 0) is 31.0 Å². The van der Waals surface area contributed by atoms with E-state index in [4.69, 9.17) is 4.74 Å². The Bertz CT molecular complexity index is 386. The molecule has 1 aliphatic heterocycles. The van der Waals surface area contributed by atoms with Crippen molar-refractivity contribution in [2.24, 2.45) is 5.92 Å². The summed E-state index contributed by atoms with van der Waals surface area (Å²) in [5.41, 5.74) is 0.617. The molecule has 0 amide bonds. The van der Waals surface area contributed by atoms with Gasteiger partial charge in [-0.25, -0.2) is 4.39 Å². The Morgan fingerprint density at radius 2 is 2.35 bits per heavy atom. The molecular weight excluding hydrogens is 285 g/mol. The smallest absolute Gasteiger partial charge is 0.129 e. The summed E-state index contributed by atoms with van der Waals surface area (Å²) in [5.74, 6) is 0.325. The fourth-order valence-corrected chi connectivity index (χ4v) is 2.35. The Balaban J connectivity index is 1.92. The van der Waals surface area contributed by atoms with Crippen molar-refractivity contribution in [3.05, 3.63) is 34.1 Å². The second-order valence-electron chi connectivity index (χ2n) is 4.56. The average molecular weight is 302 g/mol. The molecule has 1 saturated heterocycles. The van der Waals surface area contributed by atoms with Crippen molar-refractivity contribution >= 4 is 15.9 Å². The zero-order chi connectivity index (χ0) is 12.3. The van der Waals surface area contributed by atoms with Crippen molar-refractivity contribution in [2.75, 3.05) is 13.1 Å². The molecule has 1 aromatic rings. The molecule has 0 aliphatic carbocycles. The van der Waals surface area contributed by atoms with Gasteiger partial charge in [0.2, 0.25) is 0 Å². The Kier molecular flexibility index (Phi) is 4.54. The van der Waals surface area contributed by atoms with E-state index >= 15 is 0 Å². The maximum absolute atomic E-state index is 13.6. The van der Waals surface area contributed by atoms with E-state index in [9.17, 15) is 4.39 Å². The second-order valence-corrected chi connectivity index (χ2v) is 5.47. The van der Waals surface area contributed by atoms with Crippen LogP contribution in [0.1, 0.15) is 18.9 Å². The predicted octanol–water partition coefficient (Wildman–Crippen LogP) is 3.10. The van der Waals surface area contributed by atoms with Gasteiger partial charge in [0.1, 0.15) is 5.82 Å². The summed E-state index contributed by atoms with van der Waals surface area (Å²) >= 11 is 3.24. The van der Waals surface area contributed by atoms with Crippen LogP contribution >= 0.6 is 15.9 Å². The molecular formula is C13H17BrFNO. The normalized spacial score (nSPS) is 24.9. The van der Waals surface area contributed by atoms with Crippen molar-refractivity contribution < 1.29 is 9.13 Å². The molecule has 94 valence electrons. The molecule has 1 heterocycles. The summed E-state index contributed by atoms with van der Waals surface area (Å²) in [7, 11) is 0. The standard InChI is InChI=1S/C13H17BrFNO/c1-9-4-5-16-7-13(9)17-8-10-2-3-11(14)6-12(10)15/h2-3,6,9,13,16H,4-5,7-8H2,1H3. The first kappa shape index (κ1) is 13.0. The molecule has 1 aromatic carbocycles. The molecule has 2 unspecified atom stereocenters. The summed E-state index contributed by atoms with van der Waals surface area (Å²) in [6.45, 7) is 4.44. The Labute approximate surface area is 110 Å². The predicted molar refractivity (Wildman–Crippen MR) is 69.3 cm³/mol. The average Bonchev–Trinajstić information content (AvgIpc) is 2.30. The highest BCUT2D eigenvalue weighted by molar-refractivity contribution is 9.10. The minimum atomic E-state index is -0.212. The first-order valence-electron chi connectivity index (χ1n) is 5.93. The fraction of sp³-hybridized carbons (Fsp3) is 0.538. The molecule has 17 heavy (non-hydrogen) atoms. The summed E-state index contributed by atoms with van der Waals surface area (Å²) in [6.07, 6.45) is 1.31. The van der Waals surface area contributed by atoms with Crippen LogP contribution in [-0.4, -0.2) is 19.2 Å². The quantitative estimate of drug-likeness (QED) is 0.926. The highest BCUT2D eigenvalue weighted by Gasteiger charge is 2.21. The van der Waals surface area contributed by atoms with Gasteiger partial charge in [-0.2, -0.15) is 0 Å². The molecule has 2 atom stereocenters. The molecule has 1 N–H and O–H groups in total. The third kappa shape index (κ3) is 3.50. The van der Waals surface area contributed by atoms with Gasteiger partial charge < -0.3 is 10.1 Å². The number of piperidine rings is 1. The number of halogens is 2.